The molecule has 8 bridgehead atoms. The predicted molar refractivity (Wildman–Crippen MR) is 126 cm³/mol. The molecule has 1 atom stereocenters. The number of benzene rings is 1. The Hall–Kier alpha value is -1.02. The molecule has 0 radical (unpaired) electrons. The first-order valence-electron chi connectivity index (χ1n) is 14.0. The van der Waals surface area contributed by atoms with E-state index in [9.17, 15) is 0 Å². The minimum absolute atomic E-state index is 0.338. The summed E-state index contributed by atoms with van der Waals surface area (Å²) in [6, 6.07) is 5.17. The molecule has 8 aliphatic carbocycles. The van der Waals surface area contributed by atoms with E-state index in [1.165, 1.54) is 88.4 Å². The molecule has 172 valence electrons. The molecule has 0 spiro atoms. The molecule has 1 aliphatic heterocycles. The summed E-state index contributed by atoms with van der Waals surface area (Å²) >= 11 is 0. The van der Waals surface area contributed by atoms with Crippen LogP contribution in [0.2, 0.25) is 0 Å². The lowest BCUT2D eigenvalue weighted by molar-refractivity contribution is -0.0109. The van der Waals surface area contributed by atoms with E-state index >= 15 is 0 Å². The third-order valence-electron chi connectivity index (χ3n) is 11.3. The highest BCUT2D eigenvalue weighted by atomic mass is 16.6. The van der Waals surface area contributed by atoms with Crippen LogP contribution in [0.15, 0.2) is 12.1 Å². The fraction of sp³-hybridized carbons (Fsp3) is 0.800. The largest absolute Gasteiger partial charge is 0.490 e. The van der Waals surface area contributed by atoms with Crippen LogP contribution < -0.4 is 4.74 Å². The van der Waals surface area contributed by atoms with E-state index in [1.54, 1.807) is 11.1 Å². The van der Waals surface area contributed by atoms with Crippen molar-refractivity contribution in [3.63, 3.8) is 0 Å². The second-order valence-corrected chi connectivity index (χ2v) is 13.9. The Morgan fingerprint density at radius 3 is 1.44 bits per heavy atom. The lowest BCUT2D eigenvalue weighted by Crippen LogP contribution is -2.50. The third-order valence-corrected chi connectivity index (χ3v) is 11.3. The summed E-state index contributed by atoms with van der Waals surface area (Å²) < 4.78 is 12.5. The summed E-state index contributed by atoms with van der Waals surface area (Å²) in [6.07, 6.45) is 18.0. The number of epoxide rings is 1. The summed E-state index contributed by atoms with van der Waals surface area (Å²) in [5, 5.41) is 0. The first kappa shape index (κ1) is 19.3. The number of hydrogen-bond acceptors (Lipinski definition) is 2. The van der Waals surface area contributed by atoms with Crippen LogP contribution in [0.4, 0.5) is 0 Å². The first-order chi connectivity index (χ1) is 15.6. The average molecular weight is 433 g/mol. The van der Waals surface area contributed by atoms with Gasteiger partial charge >= 0.3 is 0 Å². The molecule has 0 N–H and O–H groups in total. The van der Waals surface area contributed by atoms with E-state index in [0.717, 1.165) is 48.7 Å². The van der Waals surface area contributed by atoms with E-state index < -0.39 is 0 Å². The van der Waals surface area contributed by atoms with Gasteiger partial charge in [-0.15, -0.1) is 0 Å². The van der Waals surface area contributed by atoms with Gasteiger partial charge < -0.3 is 9.47 Å². The van der Waals surface area contributed by atoms with Crippen LogP contribution in [-0.2, 0) is 15.6 Å². The lowest BCUT2D eigenvalue weighted by atomic mass is 9.46. The maximum Gasteiger partial charge on any atom is 0.126 e. The van der Waals surface area contributed by atoms with Crippen LogP contribution in [-0.4, -0.2) is 19.3 Å². The molecule has 8 saturated carbocycles. The summed E-state index contributed by atoms with van der Waals surface area (Å²) in [7, 11) is 0. The van der Waals surface area contributed by atoms with Crippen LogP contribution in [0.25, 0.3) is 0 Å². The van der Waals surface area contributed by atoms with Gasteiger partial charge in [-0.25, -0.2) is 0 Å². The molecule has 9 fully saturated rings. The van der Waals surface area contributed by atoms with Crippen molar-refractivity contribution >= 4 is 0 Å². The second kappa shape index (κ2) is 6.55. The zero-order chi connectivity index (χ0) is 21.1. The molecule has 2 heteroatoms. The van der Waals surface area contributed by atoms with Crippen molar-refractivity contribution in [2.24, 2.45) is 35.5 Å². The molecule has 2 nitrogen and oxygen atoms in total. The summed E-state index contributed by atoms with van der Waals surface area (Å²) in [6.45, 7) is 4.04. The van der Waals surface area contributed by atoms with Gasteiger partial charge in [-0.3, -0.25) is 0 Å². The normalized spacial score (nSPS) is 49.6. The van der Waals surface area contributed by atoms with Gasteiger partial charge in [0.15, 0.2) is 0 Å². The van der Waals surface area contributed by atoms with Crippen molar-refractivity contribution in [3.05, 3.63) is 28.8 Å². The highest BCUT2D eigenvalue weighted by Gasteiger charge is 2.56. The van der Waals surface area contributed by atoms with Crippen molar-refractivity contribution in [1.29, 1.82) is 0 Å². The third kappa shape index (κ3) is 2.87. The SMILES string of the molecule is Cc1cc(C23CC4CC(CC(C4)C2)C3)c(OCC2CO2)c(C23CC4CC(CC(C4)C2)C3)c1. The average Bonchev–Trinajstić information content (AvgIpc) is 3.55. The Labute approximate surface area is 193 Å². The molecular formula is C30H40O2. The molecular weight excluding hydrogens is 392 g/mol. The lowest BCUT2D eigenvalue weighted by Gasteiger charge is -2.59. The smallest absolute Gasteiger partial charge is 0.126 e. The van der Waals surface area contributed by atoms with Crippen molar-refractivity contribution in [2.45, 2.75) is 101 Å². The maximum atomic E-state index is 6.90. The standard InChI is InChI=1S/C30H40O2/c1-18-2-26(29-10-19-4-20(11-29)6-21(5-19)12-29)28(32-17-25-16-31-25)27(3-18)30-13-22-7-23(14-30)9-24(8-22)15-30/h2-3,19-25H,4-17H2,1H3. The predicted octanol–water partition coefficient (Wildman–Crippen LogP) is 6.71. The molecule has 1 unspecified atom stereocenters. The van der Waals surface area contributed by atoms with E-state index in [0.29, 0.717) is 16.9 Å². The van der Waals surface area contributed by atoms with Crippen LogP contribution in [0, 0.1) is 42.4 Å². The van der Waals surface area contributed by atoms with Crippen molar-refractivity contribution < 1.29 is 9.47 Å². The fourth-order valence-electron chi connectivity index (χ4n) is 10.9. The Morgan fingerprint density at radius 2 is 1.09 bits per heavy atom. The minimum Gasteiger partial charge on any atom is -0.490 e. The second-order valence-electron chi connectivity index (χ2n) is 13.9. The van der Waals surface area contributed by atoms with Gasteiger partial charge in [0.25, 0.3) is 0 Å². The summed E-state index contributed by atoms with van der Waals surface area (Å²) in [5.41, 5.74) is 5.58. The van der Waals surface area contributed by atoms with Crippen LogP contribution in [0.1, 0.15) is 93.7 Å². The quantitative estimate of drug-likeness (QED) is 0.482. The Balaban J connectivity index is 1.27. The molecule has 1 aromatic rings. The van der Waals surface area contributed by atoms with Crippen LogP contribution >= 0.6 is 0 Å². The number of hydrogen-bond donors (Lipinski definition) is 0. The molecule has 1 heterocycles. The van der Waals surface area contributed by atoms with Gasteiger partial charge in [0.1, 0.15) is 18.5 Å². The number of rotatable bonds is 5. The van der Waals surface area contributed by atoms with E-state index in [2.05, 4.69) is 19.1 Å². The Kier molecular flexibility index (Phi) is 3.95. The van der Waals surface area contributed by atoms with E-state index in [4.69, 9.17) is 9.47 Å². The first-order valence-corrected chi connectivity index (χ1v) is 14.0. The van der Waals surface area contributed by atoms with Crippen molar-refractivity contribution in [3.8, 4) is 5.75 Å². The zero-order valence-electron chi connectivity index (χ0n) is 19.9. The summed E-state index contributed by atoms with van der Waals surface area (Å²) in [5.74, 6) is 7.21. The molecule has 32 heavy (non-hydrogen) atoms. The van der Waals surface area contributed by atoms with Gasteiger partial charge in [-0.2, -0.15) is 0 Å². The van der Waals surface area contributed by atoms with Crippen LogP contribution in [0.3, 0.4) is 0 Å². The number of aryl methyl sites for hydroxylation is 1. The monoisotopic (exact) mass is 432 g/mol. The molecule has 0 amide bonds. The topological polar surface area (TPSA) is 21.8 Å². The molecule has 1 aromatic carbocycles. The van der Waals surface area contributed by atoms with Gasteiger partial charge in [-0.05, 0) is 130 Å². The van der Waals surface area contributed by atoms with Crippen LogP contribution in [0.5, 0.6) is 5.75 Å². The minimum atomic E-state index is 0.338. The van der Waals surface area contributed by atoms with E-state index in [1.807, 2.05) is 0 Å². The summed E-state index contributed by atoms with van der Waals surface area (Å²) in [4.78, 5) is 0. The van der Waals surface area contributed by atoms with Gasteiger partial charge in [-0.1, -0.05) is 17.7 Å². The molecule has 1 saturated heterocycles. The Morgan fingerprint density at radius 1 is 0.719 bits per heavy atom. The van der Waals surface area contributed by atoms with Gasteiger partial charge in [0.2, 0.25) is 0 Å². The number of ether oxygens (including phenoxy) is 2. The zero-order valence-corrected chi connectivity index (χ0v) is 19.9. The Bertz CT molecular complexity index is 805. The molecule has 10 rings (SSSR count). The highest BCUT2D eigenvalue weighted by Crippen LogP contribution is 2.65. The van der Waals surface area contributed by atoms with E-state index in [-0.39, 0.29) is 0 Å². The molecule has 9 aliphatic rings. The van der Waals surface area contributed by atoms with Crippen molar-refractivity contribution in [1.82, 2.24) is 0 Å². The van der Waals surface area contributed by atoms with Crippen molar-refractivity contribution in [2.75, 3.05) is 13.2 Å². The molecule has 0 aromatic heterocycles. The maximum absolute atomic E-state index is 6.90. The van der Waals surface area contributed by atoms with Gasteiger partial charge in [0.05, 0.1) is 6.61 Å². The van der Waals surface area contributed by atoms with Gasteiger partial charge in [0, 0.05) is 11.1 Å². The highest BCUT2D eigenvalue weighted by molar-refractivity contribution is 5.53. The fourth-order valence-corrected chi connectivity index (χ4v) is 10.9.